The van der Waals surface area contributed by atoms with Gasteiger partial charge in [0.2, 0.25) is 5.91 Å². The molecule has 3 rings (SSSR count). The fraction of sp³-hybridized carbons (Fsp3) is 0.167. The molecule has 0 aliphatic carbocycles. The van der Waals surface area contributed by atoms with Gasteiger partial charge in [0.05, 0.1) is 23.6 Å². The number of halogens is 2. The van der Waals surface area contributed by atoms with Crippen molar-refractivity contribution >= 4 is 46.6 Å². The van der Waals surface area contributed by atoms with Gasteiger partial charge >= 0.3 is 0 Å². The second kappa shape index (κ2) is 9.68. The van der Waals surface area contributed by atoms with E-state index >= 15 is 0 Å². The second-order valence-electron chi connectivity index (χ2n) is 5.36. The number of para-hydroxylation sites is 1. The van der Waals surface area contributed by atoms with Crippen LogP contribution < -0.4 is 14.8 Å². The number of carbonyl (C=O) groups is 1. The number of benzene rings is 2. The Morgan fingerprint density at radius 2 is 2.00 bits per heavy atom. The van der Waals surface area contributed by atoms with Crippen LogP contribution in [0.5, 0.6) is 11.5 Å². The maximum absolute atomic E-state index is 12.2. The maximum atomic E-state index is 12.2. The highest BCUT2D eigenvalue weighted by atomic mass is 35.5. The van der Waals surface area contributed by atoms with Crippen molar-refractivity contribution in [3.63, 3.8) is 0 Å². The first-order valence-corrected chi connectivity index (χ1v) is 9.75. The van der Waals surface area contributed by atoms with E-state index in [9.17, 15) is 4.79 Å². The van der Waals surface area contributed by atoms with Crippen LogP contribution in [0.1, 0.15) is 5.89 Å². The molecule has 1 N–H and O–H groups in total. The quantitative estimate of drug-likeness (QED) is 0.509. The van der Waals surface area contributed by atoms with E-state index < -0.39 is 0 Å². The summed E-state index contributed by atoms with van der Waals surface area (Å²) in [7, 11) is 1.51. The molecule has 1 heterocycles. The summed E-state index contributed by atoms with van der Waals surface area (Å²) in [5.41, 5.74) is 0.486. The summed E-state index contributed by atoms with van der Waals surface area (Å²) in [5, 5.41) is 11.7. The summed E-state index contributed by atoms with van der Waals surface area (Å²) >= 11 is 13.1. The van der Waals surface area contributed by atoms with Crippen LogP contribution in [0.3, 0.4) is 0 Å². The van der Waals surface area contributed by atoms with Gasteiger partial charge in [-0.05, 0) is 30.3 Å². The van der Waals surface area contributed by atoms with Gasteiger partial charge in [-0.3, -0.25) is 4.79 Å². The zero-order valence-corrected chi connectivity index (χ0v) is 17.0. The molecule has 0 saturated carbocycles. The Morgan fingerprint density at radius 3 is 2.79 bits per heavy atom. The number of hydrogen-bond donors (Lipinski definition) is 1. The Bertz CT molecular complexity index is 968. The monoisotopic (exact) mass is 439 g/mol. The molecule has 28 heavy (non-hydrogen) atoms. The summed E-state index contributed by atoms with van der Waals surface area (Å²) in [4.78, 5) is 12.2. The van der Waals surface area contributed by atoms with Crippen molar-refractivity contribution in [1.82, 2.24) is 10.2 Å². The molecular formula is C18H15Cl2N3O4S. The lowest BCUT2D eigenvalue weighted by atomic mass is 10.3. The minimum Gasteiger partial charge on any atom is -0.495 e. The smallest absolute Gasteiger partial charge is 0.277 e. The fourth-order valence-corrected chi connectivity index (χ4v) is 3.09. The van der Waals surface area contributed by atoms with Gasteiger partial charge in [-0.25, -0.2) is 0 Å². The number of nitrogens with one attached hydrogen (secondary N) is 1. The van der Waals surface area contributed by atoms with E-state index in [1.807, 2.05) is 6.07 Å². The Balaban J connectivity index is 1.51. The van der Waals surface area contributed by atoms with Crippen molar-refractivity contribution in [3.8, 4) is 11.5 Å². The predicted molar refractivity (Wildman–Crippen MR) is 107 cm³/mol. The molecule has 10 heteroatoms. The van der Waals surface area contributed by atoms with E-state index in [0.29, 0.717) is 27.2 Å². The van der Waals surface area contributed by atoms with Gasteiger partial charge in [0.15, 0.2) is 6.61 Å². The number of methoxy groups -OCH3 is 1. The molecule has 1 aromatic heterocycles. The average molecular weight is 440 g/mol. The largest absolute Gasteiger partial charge is 0.495 e. The number of anilines is 1. The number of aromatic nitrogens is 2. The Labute approximate surface area is 175 Å². The third kappa shape index (κ3) is 5.54. The molecule has 7 nitrogen and oxygen atoms in total. The number of ether oxygens (including phenoxy) is 2. The van der Waals surface area contributed by atoms with Crippen molar-refractivity contribution in [1.29, 1.82) is 0 Å². The van der Waals surface area contributed by atoms with Crippen molar-refractivity contribution < 1.29 is 18.7 Å². The number of rotatable bonds is 8. The lowest BCUT2D eigenvalue weighted by Crippen LogP contribution is -2.14. The van der Waals surface area contributed by atoms with E-state index in [2.05, 4.69) is 15.5 Å². The summed E-state index contributed by atoms with van der Waals surface area (Å²) in [6.07, 6.45) is 0. The molecule has 0 radical (unpaired) electrons. The van der Waals surface area contributed by atoms with E-state index in [0.717, 1.165) is 11.8 Å². The first-order valence-electron chi connectivity index (χ1n) is 8.01. The lowest BCUT2D eigenvalue weighted by Gasteiger charge is -2.09. The second-order valence-corrected chi connectivity index (χ2v) is 7.13. The molecular weight excluding hydrogens is 425 g/mol. The Morgan fingerprint density at radius 1 is 1.18 bits per heavy atom. The van der Waals surface area contributed by atoms with Crippen LogP contribution in [0.25, 0.3) is 0 Å². The third-order valence-corrected chi connectivity index (χ3v) is 4.76. The average Bonchev–Trinajstić information content (AvgIpc) is 3.14. The van der Waals surface area contributed by atoms with Gasteiger partial charge in [-0.1, -0.05) is 47.1 Å². The highest BCUT2D eigenvalue weighted by Gasteiger charge is 2.13. The van der Waals surface area contributed by atoms with Gasteiger partial charge in [0.1, 0.15) is 11.5 Å². The van der Waals surface area contributed by atoms with E-state index in [1.165, 1.54) is 7.11 Å². The van der Waals surface area contributed by atoms with E-state index in [1.54, 1.807) is 36.4 Å². The molecule has 1 amide bonds. The highest BCUT2D eigenvalue weighted by molar-refractivity contribution is 7.99. The Hall–Kier alpha value is -2.42. The van der Waals surface area contributed by atoms with Gasteiger partial charge in [-0.2, -0.15) is 0 Å². The molecule has 0 aliphatic rings. The minimum atomic E-state index is -0.266. The van der Waals surface area contributed by atoms with Crippen LogP contribution in [-0.4, -0.2) is 29.0 Å². The van der Waals surface area contributed by atoms with Crippen LogP contribution in [-0.2, 0) is 11.4 Å². The number of thioether (sulfide) groups is 1. The number of carbonyl (C=O) groups excluding carboxylic acids is 1. The van der Waals surface area contributed by atoms with Gasteiger partial charge < -0.3 is 19.2 Å². The van der Waals surface area contributed by atoms with Gasteiger partial charge in [-0.15, -0.1) is 10.2 Å². The zero-order valence-electron chi connectivity index (χ0n) is 14.6. The minimum absolute atomic E-state index is 0.0721. The molecule has 0 saturated heterocycles. The first kappa shape index (κ1) is 20.3. The standard InChI is InChI=1S/C18H15Cl2N3O4S/c1-25-15-7-6-11(19)8-13(15)21-16(24)10-28-18-23-22-17(27-18)9-26-14-5-3-2-4-12(14)20/h2-8H,9-10H2,1H3,(H,21,24). The molecule has 0 unspecified atom stereocenters. The van der Waals surface area contributed by atoms with Crippen LogP contribution >= 0.6 is 35.0 Å². The topological polar surface area (TPSA) is 86.5 Å². The number of hydrogen-bond acceptors (Lipinski definition) is 7. The van der Waals surface area contributed by atoms with Crippen molar-refractivity contribution in [2.45, 2.75) is 11.8 Å². The van der Waals surface area contributed by atoms with Crippen LogP contribution in [0.4, 0.5) is 5.69 Å². The highest BCUT2D eigenvalue weighted by Crippen LogP contribution is 2.28. The van der Waals surface area contributed by atoms with E-state index in [-0.39, 0.29) is 29.4 Å². The SMILES string of the molecule is COc1ccc(Cl)cc1NC(=O)CSc1nnc(COc2ccccc2Cl)o1. The van der Waals surface area contributed by atoms with Crippen molar-refractivity contribution in [2.24, 2.45) is 0 Å². The molecule has 3 aromatic rings. The maximum Gasteiger partial charge on any atom is 0.277 e. The predicted octanol–water partition coefficient (Wildman–Crippen LogP) is 4.69. The number of amides is 1. The van der Waals surface area contributed by atoms with E-state index in [4.69, 9.17) is 37.1 Å². The normalized spacial score (nSPS) is 10.5. The zero-order chi connectivity index (χ0) is 19.9. The van der Waals surface area contributed by atoms with Crippen molar-refractivity contribution in [3.05, 3.63) is 58.4 Å². The van der Waals surface area contributed by atoms with Crippen LogP contribution in [0.15, 0.2) is 52.1 Å². The molecule has 146 valence electrons. The summed E-state index contributed by atoms with van der Waals surface area (Å²) in [6, 6.07) is 12.0. The van der Waals surface area contributed by atoms with Crippen LogP contribution in [0, 0.1) is 0 Å². The Kier molecular flexibility index (Phi) is 7.02. The molecule has 0 atom stereocenters. The lowest BCUT2D eigenvalue weighted by molar-refractivity contribution is -0.113. The van der Waals surface area contributed by atoms with Crippen molar-refractivity contribution in [2.75, 3.05) is 18.2 Å². The fourth-order valence-electron chi connectivity index (χ4n) is 2.15. The molecule has 0 fully saturated rings. The molecule has 0 bridgehead atoms. The molecule has 0 spiro atoms. The summed E-state index contributed by atoms with van der Waals surface area (Å²) < 4.78 is 16.2. The summed E-state index contributed by atoms with van der Waals surface area (Å²) in [6.45, 7) is 0.0726. The van der Waals surface area contributed by atoms with Gasteiger partial charge in [0.25, 0.3) is 11.1 Å². The first-order chi connectivity index (χ1) is 13.5. The molecule has 2 aromatic carbocycles. The summed E-state index contributed by atoms with van der Waals surface area (Å²) in [5.74, 6) is 1.12. The molecule has 0 aliphatic heterocycles. The van der Waals surface area contributed by atoms with Gasteiger partial charge in [0, 0.05) is 5.02 Å². The number of nitrogens with zero attached hydrogens (tertiary/aromatic N) is 2. The third-order valence-electron chi connectivity index (χ3n) is 3.40. The van der Waals surface area contributed by atoms with Crippen LogP contribution in [0.2, 0.25) is 10.0 Å².